The summed E-state index contributed by atoms with van der Waals surface area (Å²) in [6.07, 6.45) is 0. The van der Waals surface area contributed by atoms with Gasteiger partial charge in [-0.1, -0.05) is 42.5 Å². The summed E-state index contributed by atoms with van der Waals surface area (Å²) in [6, 6.07) is 20.4. The Morgan fingerprint density at radius 3 is 2.64 bits per heavy atom. The van der Waals surface area contributed by atoms with Crippen molar-refractivity contribution in [2.24, 2.45) is 0 Å². The molecule has 1 aliphatic rings. The van der Waals surface area contributed by atoms with E-state index in [9.17, 15) is 0 Å². The first-order chi connectivity index (χ1) is 12.3. The predicted molar refractivity (Wildman–Crippen MR) is 104 cm³/mol. The third-order valence-corrected chi connectivity index (χ3v) is 4.37. The van der Waals surface area contributed by atoms with E-state index in [0.717, 1.165) is 17.2 Å². The van der Waals surface area contributed by atoms with Gasteiger partial charge in [0.1, 0.15) is 13.2 Å². The molecular weight excluding hydrogens is 332 g/mol. The highest BCUT2D eigenvalue weighted by Gasteiger charge is 2.12. The highest BCUT2D eigenvalue weighted by molar-refractivity contribution is 7.80. The van der Waals surface area contributed by atoms with Gasteiger partial charge >= 0.3 is 0 Å². The molecule has 1 aliphatic heterocycles. The highest BCUT2D eigenvalue weighted by Crippen LogP contribution is 2.32. The Morgan fingerprint density at radius 2 is 1.72 bits per heavy atom. The molecule has 126 valence electrons. The molecule has 0 aromatic heterocycles. The lowest BCUT2D eigenvalue weighted by atomic mass is 10.0. The first kappa shape index (κ1) is 15.7. The molecule has 25 heavy (non-hydrogen) atoms. The van der Waals surface area contributed by atoms with Gasteiger partial charge in [-0.05, 0) is 40.7 Å². The molecule has 3 aromatic rings. The van der Waals surface area contributed by atoms with Gasteiger partial charge in [0.05, 0.1) is 0 Å². The summed E-state index contributed by atoms with van der Waals surface area (Å²) in [6.45, 7) is 1.82. The summed E-state index contributed by atoms with van der Waals surface area (Å²) in [5.74, 6) is 1.51. The fraction of sp³-hybridized carbons (Fsp3) is 0.150. The monoisotopic (exact) mass is 350 g/mol. The maximum absolute atomic E-state index is 5.59. The highest BCUT2D eigenvalue weighted by atomic mass is 32.1. The van der Waals surface area contributed by atoms with Crippen LogP contribution in [0.2, 0.25) is 0 Å². The van der Waals surface area contributed by atoms with Gasteiger partial charge in [-0.25, -0.2) is 0 Å². The molecule has 5 heteroatoms. The summed E-state index contributed by atoms with van der Waals surface area (Å²) in [5, 5.41) is 9.50. The molecule has 0 unspecified atom stereocenters. The topological polar surface area (TPSA) is 42.5 Å². The Bertz CT molecular complexity index is 921. The van der Waals surface area contributed by atoms with E-state index >= 15 is 0 Å². The lowest BCUT2D eigenvalue weighted by Crippen LogP contribution is -2.28. The summed E-state index contributed by atoms with van der Waals surface area (Å²) in [5.41, 5.74) is 2.09. The molecule has 2 N–H and O–H groups in total. The van der Waals surface area contributed by atoms with Gasteiger partial charge in [0.2, 0.25) is 0 Å². The molecule has 0 radical (unpaired) electrons. The van der Waals surface area contributed by atoms with Crippen LogP contribution in [0, 0.1) is 0 Å². The van der Waals surface area contributed by atoms with Crippen LogP contribution in [0.15, 0.2) is 60.7 Å². The average Bonchev–Trinajstić information content (AvgIpc) is 2.66. The minimum atomic E-state index is 0.570. The molecular formula is C20H18N2O2S. The summed E-state index contributed by atoms with van der Waals surface area (Å²) in [7, 11) is 0. The van der Waals surface area contributed by atoms with Gasteiger partial charge in [-0.15, -0.1) is 0 Å². The SMILES string of the molecule is S=C(NCc1cccc2ccccc12)Nc1ccc2c(c1)OCCO2. The van der Waals surface area contributed by atoms with E-state index in [1.165, 1.54) is 16.3 Å². The molecule has 0 fully saturated rings. The number of thiocarbonyl (C=S) groups is 1. The maximum Gasteiger partial charge on any atom is 0.171 e. The number of rotatable bonds is 3. The third kappa shape index (κ3) is 3.51. The van der Waals surface area contributed by atoms with Gasteiger partial charge in [-0.3, -0.25) is 0 Å². The minimum Gasteiger partial charge on any atom is -0.486 e. The summed E-state index contributed by atoms with van der Waals surface area (Å²) < 4.78 is 11.1. The van der Waals surface area contributed by atoms with Gasteiger partial charge < -0.3 is 20.1 Å². The quantitative estimate of drug-likeness (QED) is 0.696. The van der Waals surface area contributed by atoms with Crippen molar-refractivity contribution in [2.75, 3.05) is 18.5 Å². The largest absolute Gasteiger partial charge is 0.486 e. The Labute approximate surface area is 151 Å². The van der Waals surface area contributed by atoms with E-state index in [1.807, 2.05) is 24.3 Å². The van der Waals surface area contributed by atoms with Crippen molar-refractivity contribution in [1.29, 1.82) is 0 Å². The Hall–Kier alpha value is -2.79. The number of hydrogen-bond acceptors (Lipinski definition) is 3. The smallest absolute Gasteiger partial charge is 0.171 e. The van der Waals surface area contributed by atoms with Crippen molar-refractivity contribution in [3.05, 3.63) is 66.2 Å². The standard InChI is InChI=1S/C20H18N2O2S/c25-20(22-16-8-9-18-19(12-16)24-11-10-23-18)21-13-15-6-3-5-14-4-1-2-7-17(14)15/h1-9,12H,10-11,13H2,(H2,21,22,25). The van der Waals surface area contributed by atoms with E-state index in [1.54, 1.807) is 0 Å². The van der Waals surface area contributed by atoms with Gasteiger partial charge in [-0.2, -0.15) is 0 Å². The van der Waals surface area contributed by atoms with Crippen molar-refractivity contribution in [2.45, 2.75) is 6.54 Å². The van der Waals surface area contributed by atoms with Crippen molar-refractivity contribution in [1.82, 2.24) is 5.32 Å². The molecule has 0 aliphatic carbocycles. The van der Waals surface area contributed by atoms with Crippen LogP contribution in [-0.4, -0.2) is 18.3 Å². The Balaban J connectivity index is 1.42. The molecule has 4 nitrogen and oxygen atoms in total. The Morgan fingerprint density at radius 1 is 0.920 bits per heavy atom. The number of fused-ring (bicyclic) bond motifs is 2. The molecule has 0 atom stereocenters. The second kappa shape index (κ2) is 6.99. The second-order valence-corrected chi connectivity index (χ2v) is 6.21. The summed E-state index contributed by atoms with van der Waals surface area (Å²) in [4.78, 5) is 0. The van der Waals surface area contributed by atoms with Crippen LogP contribution < -0.4 is 20.1 Å². The third-order valence-electron chi connectivity index (χ3n) is 4.12. The van der Waals surface area contributed by atoms with Crippen LogP contribution >= 0.6 is 12.2 Å². The molecule has 0 bridgehead atoms. The second-order valence-electron chi connectivity index (χ2n) is 5.80. The van der Waals surface area contributed by atoms with Crippen LogP contribution in [0.4, 0.5) is 5.69 Å². The molecule has 0 saturated heterocycles. The van der Waals surface area contributed by atoms with Gasteiger partial charge in [0, 0.05) is 18.3 Å². The lowest BCUT2D eigenvalue weighted by Gasteiger charge is -2.19. The number of anilines is 1. The number of ether oxygens (including phenoxy) is 2. The fourth-order valence-electron chi connectivity index (χ4n) is 2.92. The van der Waals surface area contributed by atoms with Crippen LogP contribution in [-0.2, 0) is 6.54 Å². The molecule has 0 amide bonds. The van der Waals surface area contributed by atoms with Crippen LogP contribution in [0.3, 0.4) is 0 Å². The first-order valence-electron chi connectivity index (χ1n) is 8.21. The van der Waals surface area contributed by atoms with Crippen molar-refractivity contribution in [3.63, 3.8) is 0 Å². The molecule has 1 heterocycles. The van der Waals surface area contributed by atoms with Crippen LogP contribution in [0.25, 0.3) is 10.8 Å². The zero-order valence-electron chi connectivity index (χ0n) is 13.6. The fourth-order valence-corrected chi connectivity index (χ4v) is 3.11. The average molecular weight is 350 g/mol. The number of hydrogen-bond donors (Lipinski definition) is 2. The first-order valence-corrected chi connectivity index (χ1v) is 8.61. The van der Waals surface area contributed by atoms with E-state index in [2.05, 4.69) is 47.0 Å². The molecule has 0 spiro atoms. The molecule has 4 rings (SSSR count). The van der Waals surface area contributed by atoms with Crippen LogP contribution in [0.1, 0.15) is 5.56 Å². The van der Waals surface area contributed by atoms with Crippen molar-refractivity contribution >= 4 is 33.8 Å². The van der Waals surface area contributed by atoms with E-state index < -0.39 is 0 Å². The van der Waals surface area contributed by atoms with Crippen molar-refractivity contribution in [3.8, 4) is 11.5 Å². The van der Waals surface area contributed by atoms with Crippen LogP contribution in [0.5, 0.6) is 11.5 Å². The zero-order valence-corrected chi connectivity index (χ0v) is 14.4. The van der Waals surface area contributed by atoms with E-state index in [0.29, 0.717) is 24.9 Å². The predicted octanol–water partition coefficient (Wildman–Crippen LogP) is 4.10. The van der Waals surface area contributed by atoms with E-state index in [-0.39, 0.29) is 0 Å². The van der Waals surface area contributed by atoms with Crippen molar-refractivity contribution < 1.29 is 9.47 Å². The summed E-state index contributed by atoms with van der Waals surface area (Å²) >= 11 is 5.42. The number of benzene rings is 3. The normalized spacial score (nSPS) is 12.6. The van der Waals surface area contributed by atoms with E-state index in [4.69, 9.17) is 21.7 Å². The Kier molecular flexibility index (Phi) is 4.39. The number of nitrogens with one attached hydrogen (secondary N) is 2. The lowest BCUT2D eigenvalue weighted by molar-refractivity contribution is 0.171. The molecule has 3 aromatic carbocycles. The van der Waals surface area contributed by atoms with Gasteiger partial charge in [0.15, 0.2) is 16.6 Å². The molecule has 0 saturated carbocycles. The maximum atomic E-state index is 5.59. The minimum absolute atomic E-state index is 0.570. The van der Waals surface area contributed by atoms with Gasteiger partial charge in [0.25, 0.3) is 0 Å². The zero-order chi connectivity index (χ0) is 17.1.